The van der Waals surface area contributed by atoms with Crippen molar-refractivity contribution in [3.05, 3.63) is 362 Å². The fraction of sp³-hybridized carbons (Fsp3) is 0.0118. The number of fused-ring (bicyclic) bond motifs is 9. The van der Waals surface area contributed by atoms with E-state index in [2.05, 4.69) is 349 Å². The molecule has 1 aliphatic carbocycles. The summed E-state index contributed by atoms with van der Waals surface area (Å²) in [7, 11) is 0. The molecule has 2 heterocycles. The number of hydrogen-bond acceptors (Lipinski definition) is 0. The molecule has 0 saturated carbocycles. The summed E-state index contributed by atoms with van der Waals surface area (Å²) >= 11 is 0. The Hall–Kier alpha value is -11.3. The highest BCUT2D eigenvalue weighted by atomic mass is 15.0. The average molecular weight is 1110 g/mol. The van der Waals surface area contributed by atoms with Crippen LogP contribution in [0.1, 0.15) is 22.3 Å². The molecule has 406 valence electrons. The second kappa shape index (κ2) is 20.5. The molecule has 16 aromatic rings. The number of nitrogens with zero attached hydrogens (tertiary/aromatic N) is 2. The summed E-state index contributed by atoms with van der Waals surface area (Å²) in [5, 5.41) is 4.98. The Kier molecular flexibility index (Phi) is 11.8. The van der Waals surface area contributed by atoms with Crippen molar-refractivity contribution in [3.63, 3.8) is 0 Å². The van der Waals surface area contributed by atoms with Crippen molar-refractivity contribution in [2.24, 2.45) is 0 Å². The van der Waals surface area contributed by atoms with E-state index in [1.807, 2.05) is 0 Å². The Morgan fingerprint density at radius 1 is 0.184 bits per heavy atom. The lowest BCUT2D eigenvalue weighted by atomic mass is 9.65. The van der Waals surface area contributed by atoms with E-state index in [-0.39, 0.29) is 0 Å². The topological polar surface area (TPSA) is 9.86 Å². The molecule has 0 amide bonds. The molecule has 0 fully saturated rings. The molecule has 2 aromatic heterocycles. The van der Waals surface area contributed by atoms with Gasteiger partial charge in [-0.15, -0.1) is 0 Å². The van der Waals surface area contributed by atoms with Crippen molar-refractivity contribution in [1.82, 2.24) is 9.13 Å². The zero-order chi connectivity index (χ0) is 57.4. The second-order valence-electron chi connectivity index (χ2n) is 23.1. The smallest absolute Gasteiger partial charge is 0.0719 e. The van der Waals surface area contributed by atoms with E-state index in [1.54, 1.807) is 0 Å². The van der Waals surface area contributed by atoms with Crippen LogP contribution in [0.4, 0.5) is 0 Å². The first-order chi connectivity index (χ1) is 43.1. The SMILES string of the molecule is c1ccc(-c2cccc(-c3ccccc3C3(c4cccc(-c5ccc(-c6ccc(-c7cccc(-n8c9ccccc9c9cc(-c%10ccc%11c(c%10)c%10ccccc%10n%11-c%10ccccc%10)ccc98)c7)cc6)cc5)c4)c4ccccc4-c4ccccc43)c2)cc1. The van der Waals surface area contributed by atoms with Gasteiger partial charge in [0.2, 0.25) is 0 Å². The van der Waals surface area contributed by atoms with E-state index in [1.165, 1.54) is 149 Å². The molecule has 0 saturated heterocycles. The molecule has 0 N–H and O–H groups in total. The van der Waals surface area contributed by atoms with Crippen LogP contribution >= 0.6 is 0 Å². The van der Waals surface area contributed by atoms with E-state index in [0.29, 0.717) is 0 Å². The van der Waals surface area contributed by atoms with Crippen molar-refractivity contribution in [1.29, 1.82) is 0 Å². The van der Waals surface area contributed by atoms with Gasteiger partial charge < -0.3 is 9.13 Å². The maximum Gasteiger partial charge on any atom is 0.0719 e. The van der Waals surface area contributed by atoms with Gasteiger partial charge in [-0.1, -0.05) is 267 Å². The molecule has 0 unspecified atom stereocenters. The molecule has 1 aliphatic rings. The van der Waals surface area contributed by atoms with Crippen LogP contribution in [0.2, 0.25) is 0 Å². The Bertz CT molecular complexity index is 5270. The Balaban J connectivity index is 0.684. The summed E-state index contributed by atoms with van der Waals surface area (Å²) in [5.74, 6) is 0. The van der Waals surface area contributed by atoms with E-state index in [0.717, 1.165) is 5.69 Å². The fourth-order valence-corrected chi connectivity index (χ4v) is 14.5. The van der Waals surface area contributed by atoms with Crippen LogP contribution in [-0.4, -0.2) is 9.13 Å². The first-order valence-corrected chi connectivity index (χ1v) is 30.1. The zero-order valence-electron chi connectivity index (χ0n) is 47.7. The van der Waals surface area contributed by atoms with Crippen LogP contribution in [0.5, 0.6) is 0 Å². The summed E-state index contributed by atoms with van der Waals surface area (Å²) in [4.78, 5) is 0. The number of para-hydroxylation sites is 3. The molecule has 87 heavy (non-hydrogen) atoms. The van der Waals surface area contributed by atoms with Crippen LogP contribution in [0.25, 0.3) is 133 Å². The molecule has 17 rings (SSSR count). The highest BCUT2D eigenvalue weighted by Crippen LogP contribution is 2.58. The standard InChI is InChI=1S/C85H56N2/c1-3-20-57(21-4-1)62-22-17-25-67(52-62)71-30-7-12-35-78(71)85(79-36-13-8-31-72(79)73-32-9-14-37-80(73)85)68-26-18-23-63(53-68)60-44-40-58(41-45-60)59-42-46-61(47-43-59)64-24-19-29-70(54-64)87-82-39-16-11-34-75(82)77-56-66(49-51-84(77)87)65-48-50-83-76(55-65)74-33-10-15-38-81(74)86(83)69-27-5-2-6-28-69/h1-56H. The van der Waals surface area contributed by atoms with E-state index in [9.17, 15) is 0 Å². The maximum absolute atomic E-state index is 2.44. The van der Waals surface area contributed by atoms with Crippen molar-refractivity contribution in [2.75, 3.05) is 0 Å². The zero-order valence-corrected chi connectivity index (χ0v) is 47.7. The molecule has 0 radical (unpaired) electrons. The van der Waals surface area contributed by atoms with Crippen molar-refractivity contribution >= 4 is 43.6 Å². The van der Waals surface area contributed by atoms with E-state index < -0.39 is 5.41 Å². The molecule has 0 spiro atoms. The third-order valence-electron chi connectivity index (χ3n) is 18.4. The van der Waals surface area contributed by atoms with Crippen LogP contribution in [0.3, 0.4) is 0 Å². The Morgan fingerprint density at radius 3 is 1.10 bits per heavy atom. The predicted molar refractivity (Wildman–Crippen MR) is 365 cm³/mol. The minimum Gasteiger partial charge on any atom is -0.309 e. The maximum atomic E-state index is 2.44. The van der Waals surface area contributed by atoms with Gasteiger partial charge in [0.05, 0.1) is 27.5 Å². The summed E-state index contributed by atoms with van der Waals surface area (Å²) in [6.07, 6.45) is 0. The van der Waals surface area contributed by atoms with Crippen molar-refractivity contribution in [3.8, 4) is 89.3 Å². The highest BCUT2D eigenvalue weighted by molar-refractivity contribution is 6.13. The van der Waals surface area contributed by atoms with E-state index >= 15 is 0 Å². The average Bonchev–Trinajstić information content (AvgIpc) is 1.64. The van der Waals surface area contributed by atoms with Crippen LogP contribution in [0, 0.1) is 0 Å². The first-order valence-electron chi connectivity index (χ1n) is 30.1. The summed E-state index contributed by atoms with van der Waals surface area (Å²) in [6.45, 7) is 0. The third-order valence-corrected chi connectivity index (χ3v) is 18.4. The van der Waals surface area contributed by atoms with Gasteiger partial charge in [0.15, 0.2) is 0 Å². The van der Waals surface area contributed by atoms with E-state index in [4.69, 9.17) is 0 Å². The van der Waals surface area contributed by atoms with Gasteiger partial charge in [0.1, 0.15) is 0 Å². The largest absolute Gasteiger partial charge is 0.309 e. The molecule has 2 heteroatoms. The van der Waals surface area contributed by atoms with Crippen LogP contribution < -0.4 is 0 Å². The molecule has 0 bridgehead atoms. The molecular formula is C85H56N2. The predicted octanol–water partition coefficient (Wildman–Crippen LogP) is 22.2. The number of rotatable bonds is 10. The summed E-state index contributed by atoms with van der Waals surface area (Å²) in [5.41, 5.74) is 28.5. The summed E-state index contributed by atoms with van der Waals surface area (Å²) in [6, 6.07) is 126. The number of hydrogen-bond donors (Lipinski definition) is 0. The normalized spacial score (nSPS) is 12.5. The Morgan fingerprint density at radius 2 is 0.529 bits per heavy atom. The van der Waals surface area contributed by atoms with Gasteiger partial charge in [-0.25, -0.2) is 0 Å². The quantitative estimate of drug-likeness (QED) is 0.129. The van der Waals surface area contributed by atoms with Crippen LogP contribution in [-0.2, 0) is 5.41 Å². The van der Waals surface area contributed by atoms with Gasteiger partial charge >= 0.3 is 0 Å². The molecule has 0 aliphatic heterocycles. The van der Waals surface area contributed by atoms with Gasteiger partial charge in [0, 0.05) is 32.9 Å². The third kappa shape index (κ3) is 8.17. The van der Waals surface area contributed by atoms with Crippen molar-refractivity contribution in [2.45, 2.75) is 5.41 Å². The molecule has 0 atom stereocenters. The Labute approximate surface area is 506 Å². The summed E-state index contributed by atoms with van der Waals surface area (Å²) < 4.78 is 4.81. The highest BCUT2D eigenvalue weighted by Gasteiger charge is 2.47. The first kappa shape index (κ1) is 50.2. The molecule has 2 nitrogen and oxygen atoms in total. The molecular weight excluding hydrogens is 1050 g/mol. The fourth-order valence-electron chi connectivity index (χ4n) is 14.5. The van der Waals surface area contributed by atoms with Crippen LogP contribution in [0.15, 0.2) is 340 Å². The number of aromatic nitrogens is 2. The second-order valence-corrected chi connectivity index (χ2v) is 23.1. The van der Waals surface area contributed by atoms with Gasteiger partial charge in [-0.2, -0.15) is 0 Å². The number of benzene rings is 14. The van der Waals surface area contributed by atoms with Crippen molar-refractivity contribution < 1.29 is 0 Å². The lowest BCUT2D eigenvalue weighted by molar-refractivity contribution is 0.771. The van der Waals surface area contributed by atoms with Gasteiger partial charge in [0.25, 0.3) is 0 Å². The van der Waals surface area contributed by atoms with Gasteiger partial charge in [-0.3, -0.25) is 0 Å². The lowest BCUT2D eigenvalue weighted by Gasteiger charge is -2.36. The molecule has 14 aromatic carbocycles. The minimum absolute atomic E-state index is 0.581. The minimum atomic E-state index is -0.581. The monoisotopic (exact) mass is 1100 g/mol. The lowest BCUT2D eigenvalue weighted by Crippen LogP contribution is -2.29. The van der Waals surface area contributed by atoms with Gasteiger partial charge in [-0.05, 0) is 173 Å².